The number of anilines is 1. The van der Waals surface area contributed by atoms with Gasteiger partial charge in [0.1, 0.15) is 5.76 Å². The van der Waals surface area contributed by atoms with Crippen molar-refractivity contribution in [3.8, 4) is 29.2 Å². The second-order valence-corrected chi connectivity index (χ2v) is 6.61. The van der Waals surface area contributed by atoms with Gasteiger partial charge in [0.05, 0.1) is 35.6 Å². The first-order chi connectivity index (χ1) is 14.0. The molecule has 0 atom stereocenters. The summed E-state index contributed by atoms with van der Waals surface area (Å²) in [5.74, 6) is 1.51. The molecule has 29 heavy (non-hydrogen) atoms. The summed E-state index contributed by atoms with van der Waals surface area (Å²) < 4.78 is 16.9. The van der Waals surface area contributed by atoms with E-state index in [2.05, 4.69) is 26.7 Å². The van der Waals surface area contributed by atoms with Crippen molar-refractivity contribution in [1.82, 2.24) is 15.3 Å². The van der Waals surface area contributed by atoms with E-state index in [0.29, 0.717) is 34.1 Å². The van der Waals surface area contributed by atoms with Crippen LogP contribution >= 0.6 is 0 Å². The number of ether oxygens (including phenoxy) is 2. The van der Waals surface area contributed by atoms with E-state index >= 15 is 0 Å². The molecule has 3 heterocycles. The van der Waals surface area contributed by atoms with Gasteiger partial charge in [0.2, 0.25) is 5.75 Å². The van der Waals surface area contributed by atoms with Crippen LogP contribution in [0.25, 0.3) is 0 Å². The van der Waals surface area contributed by atoms with Crippen LogP contribution in [0.5, 0.6) is 23.1 Å². The van der Waals surface area contributed by atoms with Gasteiger partial charge in [-0.05, 0) is 26.0 Å². The molecule has 9 heteroatoms. The minimum absolute atomic E-state index is 0.0118. The summed E-state index contributed by atoms with van der Waals surface area (Å²) >= 11 is 0. The first-order valence-corrected chi connectivity index (χ1v) is 8.90. The molecule has 0 radical (unpaired) electrons. The van der Waals surface area contributed by atoms with Gasteiger partial charge in [-0.1, -0.05) is 0 Å². The molecule has 1 amide bonds. The molecule has 0 fully saturated rings. The predicted octanol–water partition coefficient (Wildman–Crippen LogP) is 3.59. The van der Waals surface area contributed by atoms with Crippen molar-refractivity contribution in [3.05, 3.63) is 53.9 Å². The van der Waals surface area contributed by atoms with Crippen molar-refractivity contribution >= 4 is 11.6 Å². The Labute approximate surface area is 166 Å². The number of oxazole rings is 1. The topological polar surface area (TPSA) is 122 Å². The molecule has 0 aliphatic carbocycles. The van der Waals surface area contributed by atoms with Crippen LogP contribution in [0.1, 0.15) is 35.5 Å². The molecule has 1 aromatic carbocycles. The minimum Gasteiger partial charge on any atom is -0.447 e. The molecule has 1 aliphatic heterocycles. The number of aromatic nitrogens is 2. The fourth-order valence-electron chi connectivity index (χ4n) is 2.79. The summed E-state index contributed by atoms with van der Waals surface area (Å²) in [6.45, 7) is 4.06. The van der Waals surface area contributed by atoms with Crippen molar-refractivity contribution in [3.63, 3.8) is 0 Å². The Morgan fingerprint density at radius 2 is 2.10 bits per heavy atom. The van der Waals surface area contributed by atoms with Gasteiger partial charge in [-0.2, -0.15) is 5.26 Å². The van der Waals surface area contributed by atoms with E-state index in [1.165, 1.54) is 18.8 Å². The van der Waals surface area contributed by atoms with Crippen LogP contribution in [-0.2, 0) is 6.54 Å². The lowest BCUT2D eigenvalue weighted by Gasteiger charge is -2.24. The number of pyridine rings is 1. The summed E-state index contributed by atoms with van der Waals surface area (Å²) in [6.07, 6.45) is 4.25. The predicted molar refractivity (Wildman–Crippen MR) is 102 cm³/mol. The Balaban J connectivity index is 1.69. The third-order valence-corrected chi connectivity index (χ3v) is 4.08. The normalized spacial score (nSPS) is 11.5. The zero-order valence-corrected chi connectivity index (χ0v) is 15.7. The molecule has 2 N–H and O–H groups in total. The van der Waals surface area contributed by atoms with Gasteiger partial charge in [0, 0.05) is 18.3 Å². The van der Waals surface area contributed by atoms with E-state index in [4.69, 9.17) is 19.2 Å². The van der Waals surface area contributed by atoms with Crippen LogP contribution in [0.4, 0.5) is 5.69 Å². The Morgan fingerprint density at radius 3 is 2.83 bits per heavy atom. The van der Waals surface area contributed by atoms with E-state index in [0.717, 1.165) is 0 Å². The fraction of sp³-hybridized carbons (Fsp3) is 0.200. The highest BCUT2D eigenvalue weighted by molar-refractivity contribution is 6.01. The zero-order chi connectivity index (χ0) is 20.4. The van der Waals surface area contributed by atoms with Gasteiger partial charge in [-0.25, -0.2) is 9.97 Å². The molecule has 2 aromatic heterocycles. The number of nitrogens with one attached hydrogen (secondary N) is 2. The highest BCUT2D eigenvalue weighted by atomic mass is 16.6. The third-order valence-electron chi connectivity index (χ3n) is 4.08. The van der Waals surface area contributed by atoms with E-state index in [1.54, 1.807) is 18.2 Å². The Kier molecular flexibility index (Phi) is 4.75. The molecule has 4 rings (SSSR count). The monoisotopic (exact) mass is 391 g/mol. The molecule has 0 spiro atoms. The average Bonchev–Trinajstić information content (AvgIpc) is 3.24. The standard InChI is InChI=1S/C20H17N5O4/c1-11(2)25-17-14(19(26)23-8-13-7-22-10-27-13)9-24-20-18(17)28-16-5-12(6-21)3-4-15(16)29-20/h3-5,7,9-11H,8H2,1-2H3,(H,23,26)(H,24,25). The number of carbonyl (C=O) groups excluding carboxylic acids is 1. The number of rotatable bonds is 5. The Hall–Kier alpha value is -4.06. The third kappa shape index (κ3) is 3.68. The fourth-order valence-corrected chi connectivity index (χ4v) is 2.79. The highest BCUT2D eigenvalue weighted by Crippen LogP contribution is 2.49. The zero-order valence-electron chi connectivity index (χ0n) is 15.7. The summed E-state index contributed by atoms with van der Waals surface area (Å²) in [7, 11) is 0. The van der Waals surface area contributed by atoms with E-state index in [1.807, 2.05) is 13.8 Å². The molecule has 0 saturated heterocycles. The molecule has 0 unspecified atom stereocenters. The van der Waals surface area contributed by atoms with Gasteiger partial charge < -0.3 is 24.5 Å². The maximum atomic E-state index is 12.8. The van der Waals surface area contributed by atoms with Crippen LogP contribution in [0.3, 0.4) is 0 Å². The number of fused-ring (bicyclic) bond motifs is 2. The minimum atomic E-state index is -0.361. The first kappa shape index (κ1) is 18.3. The van der Waals surface area contributed by atoms with Crippen molar-refractivity contribution in [2.45, 2.75) is 26.4 Å². The van der Waals surface area contributed by atoms with Crippen LogP contribution in [0.15, 0.2) is 41.4 Å². The lowest BCUT2D eigenvalue weighted by molar-refractivity contribution is 0.0948. The molecule has 3 aromatic rings. The second-order valence-electron chi connectivity index (χ2n) is 6.61. The lowest BCUT2D eigenvalue weighted by atomic mass is 10.1. The largest absolute Gasteiger partial charge is 0.447 e. The SMILES string of the molecule is CC(C)Nc1c(C(=O)NCc2cnco2)cnc2c1Oc1cc(C#N)ccc1O2. The van der Waals surface area contributed by atoms with Crippen LogP contribution in [0, 0.1) is 11.3 Å². The van der Waals surface area contributed by atoms with Crippen LogP contribution in [-0.4, -0.2) is 21.9 Å². The van der Waals surface area contributed by atoms with Crippen molar-refractivity contribution in [1.29, 1.82) is 5.26 Å². The molecule has 146 valence electrons. The number of carbonyl (C=O) groups is 1. The lowest BCUT2D eigenvalue weighted by Crippen LogP contribution is -2.25. The summed E-state index contributed by atoms with van der Waals surface area (Å²) in [4.78, 5) is 20.8. The van der Waals surface area contributed by atoms with Gasteiger partial charge in [-0.3, -0.25) is 4.79 Å². The smallest absolute Gasteiger partial charge is 0.265 e. The van der Waals surface area contributed by atoms with Crippen LogP contribution in [0.2, 0.25) is 0 Å². The van der Waals surface area contributed by atoms with E-state index < -0.39 is 0 Å². The van der Waals surface area contributed by atoms with Crippen molar-refractivity contribution < 1.29 is 18.7 Å². The number of nitriles is 1. The quantitative estimate of drug-likeness (QED) is 0.529. The van der Waals surface area contributed by atoms with E-state index in [9.17, 15) is 4.79 Å². The molecule has 0 bridgehead atoms. The highest BCUT2D eigenvalue weighted by Gasteiger charge is 2.28. The molecule has 0 saturated carbocycles. The number of hydrogen-bond donors (Lipinski definition) is 2. The number of benzene rings is 1. The number of amides is 1. The van der Waals surface area contributed by atoms with Gasteiger partial charge in [0.25, 0.3) is 11.8 Å². The van der Waals surface area contributed by atoms with Crippen molar-refractivity contribution in [2.24, 2.45) is 0 Å². The van der Waals surface area contributed by atoms with E-state index in [-0.39, 0.29) is 30.1 Å². The summed E-state index contributed by atoms with van der Waals surface area (Å²) in [5, 5.41) is 15.1. The Morgan fingerprint density at radius 1 is 1.24 bits per heavy atom. The average molecular weight is 391 g/mol. The van der Waals surface area contributed by atoms with Gasteiger partial charge in [0.15, 0.2) is 17.9 Å². The molecule has 9 nitrogen and oxygen atoms in total. The molecular weight excluding hydrogens is 374 g/mol. The van der Waals surface area contributed by atoms with Gasteiger partial charge in [-0.15, -0.1) is 0 Å². The maximum Gasteiger partial charge on any atom is 0.265 e. The maximum absolute atomic E-state index is 12.8. The second kappa shape index (κ2) is 7.52. The first-order valence-electron chi connectivity index (χ1n) is 8.90. The Bertz CT molecular complexity index is 1100. The molecule has 1 aliphatic rings. The molecular formula is C20H17N5O4. The van der Waals surface area contributed by atoms with Gasteiger partial charge >= 0.3 is 0 Å². The number of hydrogen-bond acceptors (Lipinski definition) is 8. The number of nitrogens with zero attached hydrogens (tertiary/aromatic N) is 3. The summed E-state index contributed by atoms with van der Waals surface area (Å²) in [6, 6.07) is 6.93. The summed E-state index contributed by atoms with van der Waals surface area (Å²) in [5.41, 5.74) is 1.18. The van der Waals surface area contributed by atoms with Crippen molar-refractivity contribution in [2.75, 3.05) is 5.32 Å². The van der Waals surface area contributed by atoms with Crippen LogP contribution < -0.4 is 20.1 Å².